The second kappa shape index (κ2) is 5.11. The van der Waals surface area contributed by atoms with Crippen molar-refractivity contribution >= 4 is 15.9 Å². The van der Waals surface area contributed by atoms with Crippen molar-refractivity contribution in [3.05, 3.63) is 15.9 Å². The van der Waals surface area contributed by atoms with Crippen molar-refractivity contribution in [2.24, 2.45) is 18.2 Å². The van der Waals surface area contributed by atoms with Crippen LogP contribution in [0.1, 0.15) is 43.5 Å². The van der Waals surface area contributed by atoms with Gasteiger partial charge in [-0.1, -0.05) is 19.3 Å². The van der Waals surface area contributed by atoms with E-state index < -0.39 is 0 Å². The summed E-state index contributed by atoms with van der Waals surface area (Å²) in [5.74, 6) is 0. The van der Waals surface area contributed by atoms with Crippen LogP contribution in [0.2, 0.25) is 0 Å². The van der Waals surface area contributed by atoms with Gasteiger partial charge >= 0.3 is 0 Å². The van der Waals surface area contributed by atoms with Crippen LogP contribution in [0.25, 0.3) is 0 Å². The fourth-order valence-electron chi connectivity index (χ4n) is 2.98. The molecule has 0 aromatic carbocycles. The van der Waals surface area contributed by atoms with Gasteiger partial charge in [-0.15, -0.1) is 0 Å². The number of nitrogens with two attached hydrogens (primary N) is 1. The van der Waals surface area contributed by atoms with E-state index >= 15 is 0 Å². The summed E-state index contributed by atoms with van der Waals surface area (Å²) in [6, 6.07) is 0. The quantitative estimate of drug-likeness (QED) is 0.932. The summed E-state index contributed by atoms with van der Waals surface area (Å²) in [7, 11) is 2.03. The van der Waals surface area contributed by atoms with Crippen LogP contribution in [-0.4, -0.2) is 16.3 Å². The first-order valence-corrected chi connectivity index (χ1v) is 7.25. The summed E-state index contributed by atoms with van der Waals surface area (Å²) in [5, 5.41) is 4.47. The molecule has 1 aliphatic carbocycles. The molecule has 1 aromatic heterocycles. The Balaban J connectivity index is 2.23. The maximum absolute atomic E-state index is 6.05. The molecule has 0 unspecified atom stereocenters. The molecule has 1 aliphatic rings. The molecule has 96 valence electrons. The Morgan fingerprint density at radius 3 is 2.47 bits per heavy atom. The van der Waals surface area contributed by atoms with Gasteiger partial charge < -0.3 is 5.73 Å². The summed E-state index contributed by atoms with van der Waals surface area (Å²) in [5.41, 5.74) is 8.73. The predicted molar refractivity (Wildman–Crippen MR) is 73.9 cm³/mol. The molecule has 3 nitrogen and oxygen atoms in total. The zero-order valence-electron chi connectivity index (χ0n) is 10.8. The Morgan fingerprint density at radius 2 is 2.00 bits per heavy atom. The van der Waals surface area contributed by atoms with Crippen LogP contribution >= 0.6 is 15.9 Å². The molecule has 17 heavy (non-hydrogen) atoms. The molecule has 2 N–H and O–H groups in total. The first-order chi connectivity index (χ1) is 8.08. The lowest BCUT2D eigenvalue weighted by Gasteiger charge is -2.36. The Labute approximate surface area is 112 Å². The lowest BCUT2D eigenvalue weighted by molar-refractivity contribution is 0.193. The lowest BCUT2D eigenvalue weighted by Crippen LogP contribution is -2.35. The van der Waals surface area contributed by atoms with E-state index in [0.717, 1.165) is 18.7 Å². The van der Waals surface area contributed by atoms with Gasteiger partial charge in [-0.2, -0.15) is 5.10 Å². The summed E-state index contributed by atoms with van der Waals surface area (Å²) < 4.78 is 3.17. The second-order valence-corrected chi connectivity index (χ2v) is 6.20. The minimum atomic E-state index is 0.307. The maximum atomic E-state index is 6.05. The van der Waals surface area contributed by atoms with Crippen LogP contribution in [-0.2, 0) is 13.5 Å². The second-order valence-electron chi connectivity index (χ2n) is 5.41. The van der Waals surface area contributed by atoms with Crippen molar-refractivity contribution in [3.63, 3.8) is 0 Å². The SMILES string of the molecule is Cc1nn(C)c(CC2(CN)CCCCC2)c1Br. The van der Waals surface area contributed by atoms with E-state index in [4.69, 9.17) is 5.73 Å². The predicted octanol–water partition coefficient (Wildman–Crippen LogP) is 2.94. The molecule has 2 rings (SSSR count). The van der Waals surface area contributed by atoms with Crippen molar-refractivity contribution < 1.29 is 0 Å². The molecule has 0 radical (unpaired) electrons. The Kier molecular flexibility index (Phi) is 3.93. The van der Waals surface area contributed by atoms with Gasteiger partial charge in [-0.25, -0.2) is 0 Å². The maximum Gasteiger partial charge on any atom is 0.0738 e. The zero-order valence-corrected chi connectivity index (χ0v) is 12.4. The van der Waals surface area contributed by atoms with Crippen LogP contribution in [0.3, 0.4) is 0 Å². The topological polar surface area (TPSA) is 43.8 Å². The third-order valence-corrected chi connectivity index (χ3v) is 5.18. The lowest BCUT2D eigenvalue weighted by atomic mass is 9.71. The number of rotatable bonds is 3. The Hall–Kier alpha value is -0.350. The molecule has 0 aliphatic heterocycles. The molecular weight excluding hydrogens is 278 g/mol. The molecular formula is C13H22BrN3. The number of nitrogens with zero attached hydrogens (tertiary/aromatic N) is 2. The first kappa shape index (κ1) is 13.1. The van der Waals surface area contributed by atoms with Gasteiger partial charge in [-0.05, 0) is 54.1 Å². The normalized spacial score (nSPS) is 19.5. The van der Waals surface area contributed by atoms with Crippen LogP contribution in [0.15, 0.2) is 4.47 Å². The standard InChI is InChI=1S/C13H22BrN3/c1-10-12(14)11(17(2)16-10)8-13(9-15)6-4-3-5-7-13/h3-9,15H2,1-2H3. The molecule has 1 heterocycles. The summed E-state index contributed by atoms with van der Waals surface area (Å²) in [6.45, 7) is 2.84. The van der Waals surface area contributed by atoms with Crippen LogP contribution in [0.4, 0.5) is 0 Å². The van der Waals surface area contributed by atoms with Crippen LogP contribution in [0.5, 0.6) is 0 Å². The smallest absolute Gasteiger partial charge is 0.0738 e. The van der Waals surface area contributed by atoms with E-state index in [9.17, 15) is 0 Å². The molecule has 1 fully saturated rings. The summed E-state index contributed by atoms with van der Waals surface area (Å²) in [4.78, 5) is 0. The number of hydrogen-bond donors (Lipinski definition) is 1. The van der Waals surface area contributed by atoms with Gasteiger partial charge in [0.2, 0.25) is 0 Å². The van der Waals surface area contributed by atoms with E-state index in [1.165, 1.54) is 42.3 Å². The van der Waals surface area contributed by atoms with Gasteiger partial charge in [0.05, 0.1) is 15.9 Å². The largest absolute Gasteiger partial charge is 0.330 e. The summed E-state index contributed by atoms with van der Waals surface area (Å²) in [6.07, 6.45) is 7.60. The van der Waals surface area contributed by atoms with E-state index in [1.54, 1.807) is 0 Å². The van der Waals surface area contributed by atoms with E-state index in [1.807, 2.05) is 18.7 Å². The van der Waals surface area contributed by atoms with Gasteiger partial charge in [-0.3, -0.25) is 4.68 Å². The summed E-state index contributed by atoms with van der Waals surface area (Å²) >= 11 is 3.66. The number of hydrogen-bond acceptors (Lipinski definition) is 2. The van der Waals surface area contributed by atoms with Crippen molar-refractivity contribution in [1.29, 1.82) is 0 Å². The molecule has 1 saturated carbocycles. The molecule has 0 saturated heterocycles. The Bertz CT molecular complexity index is 392. The minimum absolute atomic E-state index is 0.307. The van der Waals surface area contributed by atoms with Gasteiger partial charge in [0.1, 0.15) is 0 Å². The van der Waals surface area contributed by atoms with Crippen molar-refractivity contribution in [2.45, 2.75) is 45.4 Å². The fourth-order valence-corrected chi connectivity index (χ4v) is 3.46. The monoisotopic (exact) mass is 299 g/mol. The highest BCUT2D eigenvalue weighted by Gasteiger charge is 2.32. The molecule has 0 amide bonds. The Morgan fingerprint density at radius 1 is 1.35 bits per heavy atom. The van der Waals surface area contributed by atoms with Gasteiger partial charge in [0.15, 0.2) is 0 Å². The number of halogens is 1. The molecule has 0 spiro atoms. The third kappa shape index (κ3) is 2.58. The van der Waals surface area contributed by atoms with Crippen molar-refractivity contribution in [2.75, 3.05) is 6.54 Å². The molecule has 0 atom stereocenters. The molecule has 4 heteroatoms. The van der Waals surface area contributed by atoms with Crippen molar-refractivity contribution in [1.82, 2.24) is 9.78 Å². The van der Waals surface area contributed by atoms with Crippen molar-refractivity contribution in [3.8, 4) is 0 Å². The molecule has 1 aromatic rings. The highest BCUT2D eigenvalue weighted by molar-refractivity contribution is 9.10. The van der Waals surface area contributed by atoms with Crippen LogP contribution < -0.4 is 5.73 Å². The number of aryl methyl sites for hydroxylation is 2. The average molecular weight is 300 g/mol. The third-order valence-electron chi connectivity index (χ3n) is 4.15. The fraction of sp³-hybridized carbons (Fsp3) is 0.769. The van der Waals surface area contributed by atoms with E-state index in [2.05, 4.69) is 21.0 Å². The van der Waals surface area contributed by atoms with Gasteiger partial charge in [0, 0.05) is 7.05 Å². The number of aromatic nitrogens is 2. The van der Waals surface area contributed by atoms with E-state index in [-0.39, 0.29) is 0 Å². The highest BCUT2D eigenvalue weighted by Crippen LogP contribution is 2.39. The average Bonchev–Trinajstić information content (AvgIpc) is 2.57. The minimum Gasteiger partial charge on any atom is -0.330 e. The highest BCUT2D eigenvalue weighted by atomic mass is 79.9. The molecule has 0 bridgehead atoms. The zero-order chi connectivity index (χ0) is 12.5. The van der Waals surface area contributed by atoms with Gasteiger partial charge in [0.25, 0.3) is 0 Å². The van der Waals surface area contributed by atoms with Crippen LogP contribution in [0, 0.1) is 12.3 Å². The van der Waals surface area contributed by atoms with E-state index in [0.29, 0.717) is 5.41 Å². The first-order valence-electron chi connectivity index (χ1n) is 6.46.